The smallest absolute Gasteiger partial charge is 0.269 e. The molecule has 0 saturated carbocycles. The Morgan fingerprint density at radius 1 is 1.17 bits per heavy atom. The van der Waals surface area contributed by atoms with Gasteiger partial charge in [-0.25, -0.2) is 4.98 Å². The quantitative estimate of drug-likeness (QED) is 0.350. The summed E-state index contributed by atoms with van der Waals surface area (Å²) < 4.78 is 0. The third-order valence-corrected chi connectivity index (χ3v) is 4.98. The van der Waals surface area contributed by atoms with Gasteiger partial charge in [-0.1, -0.05) is 36.4 Å². The minimum absolute atomic E-state index is 0.0950. The van der Waals surface area contributed by atoms with E-state index in [2.05, 4.69) is 20.3 Å². The van der Waals surface area contributed by atoms with Gasteiger partial charge in [0, 0.05) is 23.1 Å². The van der Waals surface area contributed by atoms with Crippen LogP contribution >= 0.6 is 11.3 Å². The number of nitro benzene ring substituents is 1. The molecule has 0 N–H and O–H groups in total. The average Bonchev–Trinajstić information content (AvgIpc) is 3.32. The van der Waals surface area contributed by atoms with E-state index in [1.807, 2.05) is 35.7 Å². The molecule has 10 heteroatoms. The molecule has 29 heavy (non-hydrogen) atoms. The van der Waals surface area contributed by atoms with Gasteiger partial charge in [0.05, 0.1) is 22.0 Å². The van der Waals surface area contributed by atoms with E-state index >= 15 is 0 Å². The van der Waals surface area contributed by atoms with Crippen molar-refractivity contribution >= 4 is 39.5 Å². The lowest BCUT2D eigenvalue weighted by Gasteiger charge is -2.08. The normalized spacial score (nSPS) is 16.4. The summed E-state index contributed by atoms with van der Waals surface area (Å²) in [5, 5.41) is 26.7. The Balaban J connectivity index is 1.54. The first-order valence-corrected chi connectivity index (χ1v) is 9.46. The zero-order valence-corrected chi connectivity index (χ0v) is 16.0. The summed E-state index contributed by atoms with van der Waals surface area (Å²) in [5.41, 5.74) is 2.37. The van der Waals surface area contributed by atoms with Crippen molar-refractivity contribution in [1.29, 1.82) is 0 Å². The molecular formula is C19H14N6O3S. The van der Waals surface area contributed by atoms with Gasteiger partial charge in [0.25, 0.3) is 11.6 Å². The van der Waals surface area contributed by atoms with Crippen LogP contribution in [-0.2, 0) is 4.79 Å². The molecule has 1 amide bonds. The number of hydrogen-bond donors (Lipinski definition) is 0. The molecule has 2 heterocycles. The number of rotatable bonds is 5. The molecule has 1 atom stereocenters. The number of hydrogen-bond acceptors (Lipinski definition) is 8. The Kier molecular flexibility index (Phi) is 4.92. The minimum Gasteiger partial charge on any atom is -0.269 e. The summed E-state index contributed by atoms with van der Waals surface area (Å²) in [6.07, 6.45) is 0. The van der Waals surface area contributed by atoms with Crippen LogP contribution in [0.1, 0.15) is 6.92 Å². The van der Waals surface area contributed by atoms with Crippen molar-refractivity contribution in [2.24, 2.45) is 15.3 Å². The van der Waals surface area contributed by atoms with Crippen LogP contribution in [0, 0.1) is 10.1 Å². The van der Waals surface area contributed by atoms with Crippen molar-refractivity contribution in [1.82, 2.24) is 4.98 Å². The van der Waals surface area contributed by atoms with Gasteiger partial charge in [-0.3, -0.25) is 14.9 Å². The number of aromatic nitrogens is 1. The van der Waals surface area contributed by atoms with E-state index < -0.39 is 11.0 Å². The van der Waals surface area contributed by atoms with Gasteiger partial charge in [0.2, 0.25) is 5.13 Å². The van der Waals surface area contributed by atoms with E-state index in [-0.39, 0.29) is 11.6 Å². The molecular weight excluding hydrogens is 392 g/mol. The maximum absolute atomic E-state index is 12.8. The molecule has 1 aliphatic rings. The lowest BCUT2D eigenvalue weighted by molar-refractivity contribution is -0.384. The van der Waals surface area contributed by atoms with Crippen LogP contribution in [0.3, 0.4) is 0 Å². The first-order chi connectivity index (χ1) is 14.0. The maximum atomic E-state index is 12.8. The fourth-order valence-corrected chi connectivity index (χ4v) is 3.51. The summed E-state index contributed by atoms with van der Waals surface area (Å²) in [6, 6.07) is 14.5. The maximum Gasteiger partial charge on any atom is 0.282 e. The van der Waals surface area contributed by atoms with E-state index in [0.29, 0.717) is 16.5 Å². The predicted molar refractivity (Wildman–Crippen MR) is 110 cm³/mol. The third kappa shape index (κ3) is 3.78. The van der Waals surface area contributed by atoms with Crippen LogP contribution in [0.5, 0.6) is 0 Å². The highest BCUT2D eigenvalue weighted by molar-refractivity contribution is 7.14. The lowest BCUT2D eigenvalue weighted by atomic mass is 10.2. The second-order valence-corrected chi connectivity index (χ2v) is 7.00. The van der Waals surface area contributed by atoms with Gasteiger partial charge in [-0.2, -0.15) is 20.3 Å². The molecule has 4 rings (SSSR count). The van der Waals surface area contributed by atoms with Crippen molar-refractivity contribution in [3.05, 3.63) is 70.1 Å². The second kappa shape index (κ2) is 7.68. The highest BCUT2D eigenvalue weighted by Gasteiger charge is 2.36. The van der Waals surface area contributed by atoms with E-state index in [1.54, 1.807) is 13.0 Å². The highest BCUT2D eigenvalue weighted by atomic mass is 32.1. The van der Waals surface area contributed by atoms with Crippen LogP contribution < -0.4 is 5.01 Å². The van der Waals surface area contributed by atoms with E-state index in [9.17, 15) is 14.9 Å². The largest absolute Gasteiger partial charge is 0.282 e. The predicted octanol–water partition coefficient (Wildman–Crippen LogP) is 4.59. The standard InChI is InChI=1S/C19H14N6O3S/c1-12-17(22-21-14-8-5-9-15(10-14)25(27)28)18(26)24(23-12)19-20-16(11-29-19)13-6-3-2-4-7-13/h2-11,17H,1H3/t17-/m1/s1. The fourth-order valence-electron chi connectivity index (χ4n) is 2.72. The van der Waals surface area contributed by atoms with Gasteiger partial charge < -0.3 is 0 Å². The summed E-state index contributed by atoms with van der Waals surface area (Å²) in [4.78, 5) is 27.6. The van der Waals surface area contributed by atoms with Crippen LogP contribution in [0.2, 0.25) is 0 Å². The average molecular weight is 406 g/mol. The fraction of sp³-hybridized carbons (Fsp3) is 0.105. The number of benzene rings is 2. The van der Waals surface area contributed by atoms with Crippen molar-refractivity contribution in [3.63, 3.8) is 0 Å². The lowest BCUT2D eigenvalue weighted by Crippen LogP contribution is -2.29. The molecule has 9 nitrogen and oxygen atoms in total. The molecule has 0 radical (unpaired) electrons. The van der Waals surface area contributed by atoms with Crippen molar-refractivity contribution in [3.8, 4) is 11.3 Å². The monoisotopic (exact) mass is 406 g/mol. The van der Waals surface area contributed by atoms with Crippen LogP contribution in [0.4, 0.5) is 16.5 Å². The number of carbonyl (C=O) groups is 1. The van der Waals surface area contributed by atoms with Crippen LogP contribution in [0.25, 0.3) is 11.3 Å². The van der Waals surface area contributed by atoms with Gasteiger partial charge >= 0.3 is 0 Å². The highest BCUT2D eigenvalue weighted by Crippen LogP contribution is 2.30. The first-order valence-electron chi connectivity index (χ1n) is 8.58. The number of non-ortho nitro benzene ring substituents is 1. The second-order valence-electron chi connectivity index (χ2n) is 6.17. The molecule has 0 bridgehead atoms. The summed E-state index contributed by atoms with van der Waals surface area (Å²) in [7, 11) is 0. The molecule has 1 aromatic heterocycles. The molecule has 0 fully saturated rings. The Bertz CT molecular complexity index is 1140. The number of azo groups is 1. The third-order valence-electron chi connectivity index (χ3n) is 4.17. The Labute approximate surface area is 169 Å². The van der Waals surface area contributed by atoms with Crippen LogP contribution in [-0.4, -0.2) is 27.6 Å². The van der Waals surface area contributed by atoms with Gasteiger partial charge in [-0.15, -0.1) is 11.3 Å². The molecule has 0 saturated heterocycles. The first kappa shape index (κ1) is 18.6. The molecule has 1 aliphatic heterocycles. The summed E-state index contributed by atoms with van der Waals surface area (Å²) in [6.45, 7) is 1.68. The number of amides is 1. The number of thiazole rings is 1. The number of nitrogens with zero attached hydrogens (tertiary/aromatic N) is 6. The molecule has 3 aromatic rings. The van der Waals surface area contributed by atoms with Gasteiger partial charge in [0.15, 0.2) is 6.04 Å². The molecule has 144 valence electrons. The van der Waals surface area contributed by atoms with Gasteiger partial charge in [-0.05, 0) is 13.0 Å². The van der Waals surface area contributed by atoms with E-state index in [1.165, 1.54) is 34.5 Å². The number of carbonyl (C=O) groups excluding carboxylic acids is 1. The van der Waals surface area contributed by atoms with E-state index in [4.69, 9.17) is 0 Å². The Morgan fingerprint density at radius 2 is 1.97 bits per heavy atom. The zero-order valence-electron chi connectivity index (χ0n) is 15.2. The molecule has 0 spiro atoms. The Hall–Kier alpha value is -3.79. The van der Waals surface area contributed by atoms with Crippen LogP contribution in [0.15, 0.2) is 75.3 Å². The van der Waals surface area contributed by atoms with Crippen molar-refractivity contribution in [2.45, 2.75) is 13.0 Å². The summed E-state index contributed by atoms with van der Waals surface area (Å²) >= 11 is 1.31. The minimum atomic E-state index is -0.890. The Morgan fingerprint density at radius 3 is 2.72 bits per heavy atom. The molecule has 0 unspecified atom stereocenters. The zero-order chi connectivity index (χ0) is 20.4. The van der Waals surface area contributed by atoms with Crippen molar-refractivity contribution in [2.75, 3.05) is 5.01 Å². The summed E-state index contributed by atoms with van der Waals surface area (Å²) in [5.74, 6) is -0.370. The number of nitro groups is 1. The molecule has 2 aromatic carbocycles. The number of anilines is 1. The topological polar surface area (TPSA) is 113 Å². The SMILES string of the molecule is CC1=NN(c2nc(-c3ccccc3)cs2)C(=O)[C@@H]1N=Nc1cccc([N+](=O)[O-])c1. The van der Waals surface area contributed by atoms with Crippen molar-refractivity contribution < 1.29 is 9.72 Å². The molecule has 0 aliphatic carbocycles. The number of hydrazone groups is 1. The van der Waals surface area contributed by atoms with E-state index in [0.717, 1.165) is 11.3 Å². The van der Waals surface area contributed by atoms with Gasteiger partial charge in [0.1, 0.15) is 0 Å².